The van der Waals surface area contributed by atoms with E-state index in [4.69, 9.17) is 4.74 Å². The van der Waals surface area contributed by atoms with Gasteiger partial charge >= 0.3 is 6.09 Å². The zero-order valence-corrected chi connectivity index (χ0v) is 18.4. The first-order valence-corrected chi connectivity index (χ1v) is 10.6. The first-order chi connectivity index (χ1) is 13.6. The Labute approximate surface area is 181 Å². The average Bonchev–Trinajstić information content (AvgIpc) is 2.62. The molecule has 0 heterocycles. The Hall–Kier alpha value is -2.17. The van der Waals surface area contributed by atoms with Crippen LogP contribution in [0.3, 0.4) is 0 Å². The van der Waals surface area contributed by atoms with Gasteiger partial charge in [-0.2, -0.15) is 0 Å². The topological polar surface area (TPSA) is 55.4 Å². The van der Waals surface area contributed by atoms with E-state index in [9.17, 15) is 14.0 Å². The maximum atomic E-state index is 14.0. The van der Waals surface area contributed by atoms with Crippen molar-refractivity contribution in [3.8, 4) is 0 Å². The van der Waals surface area contributed by atoms with Gasteiger partial charge in [0.05, 0.1) is 11.4 Å². The predicted molar refractivity (Wildman–Crippen MR) is 120 cm³/mol. The van der Waals surface area contributed by atoms with Gasteiger partial charge < -0.3 is 10.1 Å². The molecule has 1 aromatic carbocycles. The average molecular weight is 420 g/mol. The van der Waals surface area contributed by atoms with Crippen LogP contribution < -0.4 is 5.32 Å². The number of rotatable bonds is 8. The summed E-state index contributed by atoms with van der Waals surface area (Å²) in [6.45, 7) is 9.26. The molecule has 0 atom stereocenters. The van der Waals surface area contributed by atoms with Crippen LogP contribution in [-0.4, -0.2) is 17.5 Å². The van der Waals surface area contributed by atoms with Crippen molar-refractivity contribution in [2.75, 3.05) is 0 Å². The van der Waals surface area contributed by atoms with E-state index in [1.54, 1.807) is 19.1 Å². The highest BCUT2D eigenvalue weighted by Gasteiger charge is 2.41. The largest absolute Gasteiger partial charge is 0.444 e. The van der Waals surface area contributed by atoms with Crippen molar-refractivity contribution in [2.45, 2.75) is 98.1 Å². The maximum Gasteiger partial charge on any atom is 0.408 e. The monoisotopic (exact) mass is 419 g/mol. The van der Waals surface area contributed by atoms with E-state index in [2.05, 4.69) is 5.32 Å². The molecule has 0 radical (unpaired) electrons. The zero-order valence-electron chi connectivity index (χ0n) is 18.4. The number of carbonyl (C=O) groups is 2. The van der Waals surface area contributed by atoms with Crippen LogP contribution in [0.5, 0.6) is 0 Å². The second kappa shape index (κ2) is 10.7. The molecule has 0 aromatic heterocycles. The molecule has 0 aliphatic heterocycles. The van der Waals surface area contributed by atoms with E-state index in [-0.39, 0.29) is 25.5 Å². The molecular weight excluding hydrogens is 381 g/mol. The summed E-state index contributed by atoms with van der Waals surface area (Å²) in [5, 5.41) is 3.02. The summed E-state index contributed by atoms with van der Waals surface area (Å²) in [4.78, 5) is 24.9. The molecule has 30 heavy (non-hydrogen) atoms. The Morgan fingerprint density at radius 2 is 1.73 bits per heavy atom. The molecule has 1 saturated carbocycles. The van der Waals surface area contributed by atoms with Crippen molar-refractivity contribution < 1.29 is 18.7 Å². The Bertz CT molecular complexity index is 756. The molecule has 0 unspecified atom stereocenters. The van der Waals surface area contributed by atoms with E-state index in [0.717, 1.165) is 31.2 Å². The van der Waals surface area contributed by atoms with Crippen LogP contribution in [-0.2, 0) is 10.3 Å². The summed E-state index contributed by atoms with van der Waals surface area (Å²) in [5.74, 6) is -0.252. The molecule has 4 nitrogen and oxygen atoms in total. The molecule has 168 valence electrons. The number of carbonyl (C=O) groups excluding carboxylic acids is 2. The number of halogens is 1. The third kappa shape index (κ3) is 6.68. The number of hydrogen-bond acceptors (Lipinski definition) is 3. The van der Waals surface area contributed by atoms with E-state index in [0.29, 0.717) is 24.0 Å². The number of ketones is 1. The molecule has 0 spiro atoms. The summed E-state index contributed by atoms with van der Waals surface area (Å²) in [5.41, 5.74) is 1.15. The van der Waals surface area contributed by atoms with Gasteiger partial charge in [0.2, 0.25) is 0 Å². The van der Waals surface area contributed by atoms with Gasteiger partial charge in [-0.1, -0.05) is 52.0 Å². The fourth-order valence-electron chi connectivity index (χ4n) is 3.66. The van der Waals surface area contributed by atoms with Gasteiger partial charge in [0.1, 0.15) is 5.60 Å². The molecule has 1 amide bonds. The van der Waals surface area contributed by atoms with E-state index in [1.165, 1.54) is 0 Å². The first-order valence-electron chi connectivity index (χ1n) is 10.6. The fourth-order valence-corrected chi connectivity index (χ4v) is 3.66. The SMILES string of the molecule is C.CCC/C(CC(=O)c1ccc(C2(NC(=O)OC(C)(C)C)CCC2)cc1)=C(/F)CC. The molecule has 1 N–H and O–H groups in total. The Morgan fingerprint density at radius 1 is 1.13 bits per heavy atom. The summed E-state index contributed by atoms with van der Waals surface area (Å²) < 4.78 is 19.5. The molecule has 2 rings (SSSR count). The van der Waals surface area contributed by atoms with Crippen molar-refractivity contribution in [2.24, 2.45) is 0 Å². The molecule has 0 saturated heterocycles. The normalized spacial score (nSPS) is 15.9. The number of alkyl carbamates (subject to hydrolysis) is 1. The van der Waals surface area contributed by atoms with Crippen molar-refractivity contribution in [3.63, 3.8) is 0 Å². The fraction of sp³-hybridized carbons (Fsp3) is 0.600. The van der Waals surface area contributed by atoms with Crippen molar-refractivity contribution in [3.05, 3.63) is 46.8 Å². The van der Waals surface area contributed by atoms with Gasteiger partial charge in [-0.3, -0.25) is 4.79 Å². The van der Waals surface area contributed by atoms with Crippen LogP contribution in [0.1, 0.15) is 103 Å². The molecule has 0 bridgehead atoms. The lowest BCUT2D eigenvalue weighted by Gasteiger charge is -2.43. The Morgan fingerprint density at radius 3 is 2.17 bits per heavy atom. The molecular formula is C25H38FNO3. The van der Waals surface area contributed by atoms with Gasteiger partial charge in [-0.05, 0) is 64.0 Å². The van der Waals surface area contributed by atoms with E-state index < -0.39 is 17.2 Å². The Balaban J connectivity index is 0.00000450. The minimum atomic E-state index is -0.553. The van der Waals surface area contributed by atoms with Crippen LogP contribution >= 0.6 is 0 Å². The van der Waals surface area contributed by atoms with Crippen molar-refractivity contribution in [1.82, 2.24) is 5.32 Å². The quantitative estimate of drug-likeness (QED) is 0.452. The summed E-state index contributed by atoms with van der Waals surface area (Å²) in [7, 11) is 0. The lowest BCUT2D eigenvalue weighted by atomic mass is 9.71. The summed E-state index contributed by atoms with van der Waals surface area (Å²) >= 11 is 0. The van der Waals surface area contributed by atoms with Crippen LogP contribution in [0.25, 0.3) is 0 Å². The number of nitrogens with one attached hydrogen (secondary N) is 1. The van der Waals surface area contributed by atoms with Crippen LogP contribution in [0.4, 0.5) is 9.18 Å². The van der Waals surface area contributed by atoms with Gasteiger partial charge in [0.15, 0.2) is 5.78 Å². The molecule has 5 heteroatoms. The lowest BCUT2D eigenvalue weighted by Crippen LogP contribution is -2.52. The summed E-state index contributed by atoms with van der Waals surface area (Å²) in [6, 6.07) is 7.34. The second-order valence-electron chi connectivity index (χ2n) is 8.85. The maximum absolute atomic E-state index is 14.0. The first kappa shape index (κ1) is 25.9. The third-order valence-electron chi connectivity index (χ3n) is 5.33. The van der Waals surface area contributed by atoms with E-state index in [1.807, 2.05) is 39.8 Å². The number of amides is 1. The van der Waals surface area contributed by atoms with Gasteiger partial charge in [0, 0.05) is 12.0 Å². The van der Waals surface area contributed by atoms with Crippen LogP contribution in [0.15, 0.2) is 35.7 Å². The number of allylic oxidation sites excluding steroid dienone is 2. The number of Topliss-reactive ketones (excluding diaryl/α,β-unsaturated/α-hetero) is 1. The second-order valence-corrected chi connectivity index (χ2v) is 8.85. The number of ether oxygens (including phenoxy) is 1. The smallest absolute Gasteiger partial charge is 0.408 e. The van der Waals surface area contributed by atoms with Crippen molar-refractivity contribution >= 4 is 11.9 Å². The molecule has 1 aliphatic carbocycles. The third-order valence-corrected chi connectivity index (χ3v) is 5.33. The summed E-state index contributed by atoms with van der Waals surface area (Å²) in [6.07, 6.45) is 4.13. The van der Waals surface area contributed by atoms with Gasteiger partial charge in [-0.15, -0.1) is 0 Å². The number of hydrogen-bond donors (Lipinski definition) is 1. The minimum absolute atomic E-state index is 0. The van der Waals surface area contributed by atoms with Crippen LogP contribution in [0.2, 0.25) is 0 Å². The minimum Gasteiger partial charge on any atom is -0.444 e. The standard InChI is InChI=1S/C24H34FNO3.CH4/c1-6-9-18(20(25)7-2)16-21(27)17-10-12-19(13-11-17)24(14-8-15-24)26-22(28)29-23(3,4)5;/h10-13H,6-9,14-16H2,1-5H3,(H,26,28);1H4/b20-18-;. The predicted octanol–water partition coefficient (Wildman–Crippen LogP) is 7.23. The van der Waals surface area contributed by atoms with Crippen LogP contribution in [0, 0.1) is 0 Å². The Kier molecular flexibility index (Phi) is 9.26. The zero-order chi connectivity index (χ0) is 21.7. The van der Waals surface area contributed by atoms with Gasteiger partial charge in [-0.25, -0.2) is 9.18 Å². The van der Waals surface area contributed by atoms with Gasteiger partial charge in [0.25, 0.3) is 0 Å². The molecule has 1 fully saturated rings. The van der Waals surface area contributed by atoms with Crippen molar-refractivity contribution in [1.29, 1.82) is 0 Å². The molecule has 1 aromatic rings. The highest BCUT2D eigenvalue weighted by molar-refractivity contribution is 5.97. The van der Waals surface area contributed by atoms with E-state index >= 15 is 0 Å². The molecule has 1 aliphatic rings. The highest BCUT2D eigenvalue weighted by atomic mass is 19.1. The number of benzene rings is 1. The lowest BCUT2D eigenvalue weighted by molar-refractivity contribution is 0.0377. The highest BCUT2D eigenvalue weighted by Crippen LogP contribution is 2.41.